The van der Waals surface area contributed by atoms with Gasteiger partial charge >= 0.3 is 0 Å². The first-order valence-corrected chi connectivity index (χ1v) is 7.16. The maximum absolute atomic E-state index is 6.57. The second kappa shape index (κ2) is 5.74. The van der Waals surface area contributed by atoms with Gasteiger partial charge in [0.2, 0.25) is 0 Å². The van der Waals surface area contributed by atoms with Crippen molar-refractivity contribution >= 4 is 0 Å². The standard InChI is InChI=1S/C17H20N2O2/c1-20-13-6-3-7-14(21-2)15(13)16(18)12-9-8-11-5-4-10-19-17(11)12/h3-7,10,12,16H,8-9,18H2,1-2H3. The molecule has 0 fully saturated rings. The van der Waals surface area contributed by atoms with Crippen LogP contribution in [0.15, 0.2) is 36.5 Å². The zero-order valence-corrected chi connectivity index (χ0v) is 12.4. The predicted octanol–water partition coefficient (Wildman–Crippen LogP) is 2.83. The molecule has 0 aliphatic heterocycles. The zero-order valence-electron chi connectivity index (χ0n) is 12.4. The van der Waals surface area contributed by atoms with Gasteiger partial charge in [-0.2, -0.15) is 0 Å². The van der Waals surface area contributed by atoms with E-state index < -0.39 is 0 Å². The van der Waals surface area contributed by atoms with Gasteiger partial charge in [0.15, 0.2) is 0 Å². The number of ether oxygens (including phenoxy) is 2. The molecule has 2 unspecified atom stereocenters. The molecule has 1 heterocycles. The van der Waals surface area contributed by atoms with Crippen molar-refractivity contribution in [2.24, 2.45) is 5.73 Å². The topological polar surface area (TPSA) is 57.4 Å². The van der Waals surface area contributed by atoms with Crippen LogP contribution in [0.25, 0.3) is 0 Å². The van der Waals surface area contributed by atoms with Crippen LogP contribution in [-0.2, 0) is 6.42 Å². The molecule has 0 amide bonds. The number of pyridine rings is 1. The number of aromatic nitrogens is 1. The summed E-state index contributed by atoms with van der Waals surface area (Å²) in [6.45, 7) is 0. The van der Waals surface area contributed by atoms with Crippen molar-refractivity contribution in [2.45, 2.75) is 24.8 Å². The molecule has 0 saturated heterocycles. The molecule has 0 bridgehead atoms. The van der Waals surface area contributed by atoms with E-state index >= 15 is 0 Å². The Labute approximate surface area is 124 Å². The summed E-state index contributed by atoms with van der Waals surface area (Å²) >= 11 is 0. The van der Waals surface area contributed by atoms with Gasteiger partial charge in [0, 0.05) is 23.9 Å². The first kappa shape index (κ1) is 13.9. The number of hydrogen-bond acceptors (Lipinski definition) is 4. The maximum atomic E-state index is 6.57. The fraction of sp³-hybridized carbons (Fsp3) is 0.353. The number of nitrogens with zero attached hydrogens (tertiary/aromatic N) is 1. The smallest absolute Gasteiger partial charge is 0.127 e. The number of methoxy groups -OCH3 is 2. The Kier molecular flexibility index (Phi) is 3.80. The highest BCUT2D eigenvalue weighted by molar-refractivity contribution is 5.49. The summed E-state index contributed by atoms with van der Waals surface area (Å²) in [5.41, 5.74) is 9.90. The molecule has 1 aromatic carbocycles. The third-order valence-electron chi connectivity index (χ3n) is 4.23. The normalized spacial score (nSPS) is 18.1. The number of fused-ring (bicyclic) bond motifs is 1. The van der Waals surface area contributed by atoms with Crippen LogP contribution in [0.2, 0.25) is 0 Å². The van der Waals surface area contributed by atoms with E-state index in [1.165, 1.54) is 5.56 Å². The van der Waals surface area contributed by atoms with Gasteiger partial charge in [-0.05, 0) is 36.6 Å². The number of nitrogens with two attached hydrogens (primary N) is 1. The summed E-state index contributed by atoms with van der Waals surface area (Å²) in [6, 6.07) is 9.68. The molecule has 1 aliphatic rings. The Morgan fingerprint density at radius 1 is 1.14 bits per heavy atom. The fourth-order valence-electron chi connectivity index (χ4n) is 3.20. The molecule has 0 saturated carbocycles. The average molecular weight is 284 g/mol. The molecule has 110 valence electrons. The number of rotatable bonds is 4. The summed E-state index contributed by atoms with van der Waals surface area (Å²) in [7, 11) is 3.32. The van der Waals surface area contributed by atoms with E-state index in [0.717, 1.165) is 35.6 Å². The second-order valence-corrected chi connectivity index (χ2v) is 5.29. The summed E-state index contributed by atoms with van der Waals surface area (Å²) in [4.78, 5) is 4.54. The molecule has 0 radical (unpaired) electrons. The van der Waals surface area contributed by atoms with Gasteiger partial charge in [0.1, 0.15) is 11.5 Å². The van der Waals surface area contributed by atoms with Crippen LogP contribution in [0.3, 0.4) is 0 Å². The SMILES string of the molecule is COc1cccc(OC)c1C(N)C1CCc2cccnc21. The second-order valence-electron chi connectivity index (χ2n) is 5.29. The first-order valence-electron chi connectivity index (χ1n) is 7.16. The van der Waals surface area contributed by atoms with E-state index in [1.54, 1.807) is 14.2 Å². The lowest BCUT2D eigenvalue weighted by Crippen LogP contribution is -2.20. The molecule has 1 aromatic heterocycles. The Morgan fingerprint density at radius 3 is 2.52 bits per heavy atom. The number of hydrogen-bond donors (Lipinski definition) is 1. The van der Waals surface area contributed by atoms with Crippen LogP contribution in [0.1, 0.15) is 35.2 Å². The molecule has 4 heteroatoms. The fourth-order valence-corrected chi connectivity index (χ4v) is 3.20. The lowest BCUT2D eigenvalue weighted by Gasteiger charge is -2.24. The minimum atomic E-state index is -0.188. The van der Waals surface area contributed by atoms with Crippen LogP contribution < -0.4 is 15.2 Å². The Balaban J connectivity index is 2.02. The third kappa shape index (κ3) is 2.36. The van der Waals surface area contributed by atoms with Gasteiger partial charge in [0.05, 0.1) is 19.8 Å². The Bertz CT molecular complexity index is 620. The highest BCUT2D eigenvalue weighted by atomic mass is 16.5. The van der Waals surface area contributed by atoms with Crippen molar-refractivity contribution in [1.29, 1.82) is 0 Å². The molecule has 2 atom stereocenters. The third-order valence-corrected chi connectivity index (χ3v) is 4.23. The minimum Gasteiger partial charge on any atom is -0.496 e. The van der Waals surface area contributed by atoms with Gasteiger partial charge in [-0.25, -0.2) is 0 Å². The molecular weight excluding hydrogens is 264 g/mol. The average Bonchev–Trinajstić information content (AvgIpc) is 2.97. The largest absolute Gasteiger partial charge is 0.496 e. The number of benzene rings is 1. The quantitative estimate of drug-likeness (QED) is 0.938. The maximum Gasteiger partial charge on any atom is 0.127 e. The Morgan fingerprint density at radius 2 is 1.86 bits per heavy atom. The summed E-state index contributed by atoms with van der Waals surface area (Å²) in [5, 5.41) is 0. The molecule has 2 N–H and O–H groups in total. The van der Waals surface area contributed by atoms with Crippen LogP contribution in [0.4, 0.5) is 0 Å². The molecule has 1 aliphatic carbocycles. The highest BCUT2D eigenvalue weighted by Gasteiger charge is 2.32. The van der Waals surface area contributed by atoms with Crippen LogP contribution >= 0.6 is 0 Å². The van der Waals surface area contributed by atoms with E-state index in [1.807, 2.05) is 30.5 Å². The van der Waals surface area contributed by atoms with Crippen molar-refractivity contribution in [1.82, 2.24) is 4.98 Å². The summed E-state index contributed by atoms with van der Waals surface area (Å²) in [6.07, 6.45) is 3.87. The van der Waals surface area contributed by atoms with E-state index in [-0.39, 0.29) is 12.0 Å². The summed E-state index contributed by atoms with van der Waals surface area (Å²) in [5.74, 6) is 1.74. The van der Waals surface area contributed by atoms with E-state index in [0.29, 0.717) is 0 Å². The van der Waals surface area contributed by atoms with Gasteiger partial charge in [-0.15, -0.1) is 0 Å². The summed E-state index contributed by atoms with van der Waals surface area (Å²) < 4.78 is 11.0. The first-order chi connectivity index (χ1) is 10.3. The van der Waals surface area contributed by atoms with Crippen molar-refractivity contribution < 1.29 is 9.47 Å². The van der Waals surface area contributed by atoms with Crippen molar-refractivity contribution in [3.8, 4) is 11.5 Å². The minimum absolute atomic E-state index is 0.188. The predicted molar refractivity (Wildman–Crippen MR) is 81.8 cm³/mol. The van der Waals surface area contributed by atoms with Crippen molar-refractivity contribution in [3.63, 3.8) is 0 Å². The zero-order chi connectivity index (χ0) is 14.8. The van der Waals surface area contributed by atoms with Crippen molar-refractivity contribution in [3.05, 3.63) is 53.3 Å². The van der Waals surface area contributed by atoms with Crippen LogP contribution in [0.5, 0.6) is 11.5 Å². The van der Waals surface area contributed by atoms with Crippen LogP contribution in [0, 0.1) is 0 Å². The Hall–Kier alpha value is -2.07. The van der Waals surface area contributed by atoms with E-state index in [2.05, 4.69) is 11.1 Å². The molecule has 0 spiro atoms. The molecule has 4 nitrogen and oxygen atoms in total. The highest BCUT2D eigenvalue weighted by Crippen LogP contribution is 2.44. The lowest BCUT2D eigenvalue weighted by atomic mass is 9.90. The molecule has 21 heavy (non-hydrogen) atoms. The van der Waals surface area contributed by atoms with E-state index in [4.69, 9.17) is 15.2 Å². The van der Waals surface area contributed by atoms with Gasteiger partial charge in [-0.3, -0.25) is 4.98 Å². The lowest BCUT2D eigenvalue weighted by molar-refractivity contribution is 0.371. The van der Waals surface area contributed by atoms with Gasteiger partial charge in [-0.1, -0.05) is 12.1 Å². The molecular formula is C17H20N2O2. The number of aryl methyl sites for hydroxylation is 1. The van der Waals surface area contributed by atoms with Gasteiger partial charge in [0.25, 0.3) is 0 Å². The van der Waals surface area contributed by atoms with E-state index in [9.17, 15) is 0 Å². The monoisotopic (exact) mass is 284 g/mol. The van der Waals surface area contributed by atoms with Crippen LogP contribution in [-0.4, -0.2) is 19.2 Å². The molecule has 3 rings (SSSR count). The van der Waals surface area contributed by atoms with Gasteiger partial charge < -0.3 is 15.2 Å². The van der Waals surface area contributed by atoms with Crippen molar-refractivity contribution in [2.75, 3.05) is 14.2 Å². The molecule has 2 aromatic rings.